The van der Waals surface area contributed by atoms with Crippen LogP contribution in [0.15, 0.2) is 48.5 Å². The summed E-state index contributed by atoms with van der Waals surface area (Å²) in [4.78, 5) is 43.3. The molecule has 0 radical (unpaired) electrons. The van der Waals surface area contributed by atoms with Crippen molar-refractivity contribution < 1.29 is 34.4 Å². The van der Waals surface area contributed by atoms with E-state index in [1.165, 1.54) is 11.0 Å². The molecule has 11 heteroatoms. The van der Waals surface area contributed by atoms with E-state index in [2.05, 4.69) is 15.5 Å². The van der Waals surface area contributed by atoms with Gasteiger partial charge in [0.15, 0.2) is 6.10 Å². The van der Waals surface area contributed by atoms with Gasteiger partial charge in [-0.15, -0.1) is 0 Å². The number of hydrogen-bond donors (Lipinski definition) is 5. The van der Waals surface area contributed by atoms with Gasteiger partial charge in [0.25, 0.3) is 11.8 Å². The molecule has 5 N–H and O–H groups in total. The Bertz CT molecular complexity index is 1190. The van der Waals surface area contributed by atoms with Crippen molar-refractivity contribution in [2.45, 2.75) is 50.5 Å². The number of likely N-dealkylation sites (tertiary alicyclic amines) is 1. The maximum Gasteiger partial charge on any atom is 0.254 e. The topological polar surface area (TPSA) is 152 Å². The second-order valence-electron chi connectivity index (χ2n) is 10.7. The Labute approximate surface area is 240 Å². The third-order valence-electron chi connectivity index (χ3n) is 7.72. The van der Waals surface area contributed by atoms with Crippen LogP contribution in [0, 0.1) is 6.92 Å². The largest absolute Gasteiger partial charge is 0.508 e. The van der Waals surface area contributed by atoms with Crippen molar-refractivity contribution in [1.82, 2.24) is 20.4 Å². The number of nitrogens with zero attached hydrogens (tertiary/aromatic N) is 2. The number of amides is 3. The lowest BCUT2D eigenvalue weighted by Gasteiger charge is -2.30. The second-order valence-corrected chi connectivity index (χ2v) is 10.7. The SMILES string of the molecule is Cc1c(O)cccc1C(=O)N[C@@H](Cc1ccccc1)[C@H](O)C(=O)N1C[C@H](O)C[C@H]1C(=O)NCCCN1CCOCC1. The first-order valence-electron chi connectivity index (χ1n) is 14.1. The van der Waals surface area contributed by atoms with Gasteiger partial charge in [-0.3, -0.25) is 19.3 Å². The normalized spacial score (nSPS) is 20.8. The number of morpholine rings is 1. The molecule has 2 fully saturated rings. The molecule has 3 amide bonds. The quantitative estimate of drug-likeness (QED) is 0.241. The van der Waals surface area contributed by atoms with Crippen LogP contribution in [-0.2, 0) is 20.7 Å². The molecule has 4 atom stereocenters. The summed E-state index contributed by atoms with van der Waals surface area (Å²) in [6, 6.07) is 11.7. The van der Waals surface area contributed by atoms with Crippen LogP contribution >= 0.6 is 0 Å². The van der Waals surface area contributed by atoms with Crippen LogP contribution < -0.4 is 10.6 Å². The van der Waals surface area contributed by atoms with Crippen LogP contribution in [0.2, 0.25) is 0 Å². The van der Waals surface area contributed by atoms with Gasteiger partial charge in [0.05, 0.1) is 25.4 Å². The number of ether oxygens (including phenoxy) is 1. The average Bonchev–Trinajstić information content (AvgIpc) is 3.38. The molecule has 0 saturated carbocycles. The lowest BCUT2D eigenvalue weighted by molar-refractivity contribution is -0.146. The van der Waals surface area contributed by atoms with Crippen LogP contribution in [0.1, 0.15) is 34.3 Å². The lowest BCUT2D eigenvalue weighted by atomic mass is 9.98. The standard InChI is InChI=1S/C30H40N4O7/c1-20-23(9-5-10-26(20)36)28(38)32-24(17-21-7-3-2-4-8-21)27(37)30(40)34-19-22(35)18-25(34)29(39)31-11-6-12-33-13-15-41-16-14-33/h2-5,7-10,22,24-25,27,35-37H,6,11-19H2,1H3,(H,31,39)(H,32,38)/t22-,24+,25+,27+/m1/s1. The van der Waals surface area contributed by atoms with Crippen molar-refractivity contribution >= 4 is 17.7 Å². The van der Waals surface area contributed by atoms with Crippen LogP contribution in [0.4, 0.5) is 0 Å². The van der Waals surface area contributed by atoms with Crippen molar-refractivity contribution in [2.24, 2.45) is 0 Å². The number of β-amino-alcohol motifs (C(OH)–C–C–N with tert-alkyl or cyclic N) is 1. The van der Waals surface area contributed by atoms with E-state index in [9.17, 15) is 29.7 Å². The van der Waals surface area contributed by atoms with E-state index in [-0.39, 0.29) is 36.6 Å². The van der Waals surface area contributed by atoms with Gasteiger partial charge in [0.1, 0.15) is 11.8 Å². The molecular formula is C30H40N4O7. The van der Waals surface area contributed by atoms with E-state index in [0.29, 0.717) is 25.3 Å². The maximum absolute atomic E-state index is 13.6. The van der Waals surface area contributed by atoms with Crippen molar-refractivity contribution in [3.63, 3.8) is 0 Å². The van der Waals surface area contributed by atoms with Gasteiger partial charge in [-0.1, -0.05) is 36.4 Å². The van der Waals surface area contributed by atoms with Crippen LogP contribution in [0.5, 0.6) is 5.75 Å². The predicted molar refractivity (Wildman–Crippen MR) is 151 cm³/mol. The third kappa shape index (κ3) is 8.04. The number of aliphatic hydroxyl groups excluding tert-OH is 2. The summed E-state index contributed by atoms with van der Waals surface area (Å²) in [7, 11) is 0. The number of rotatable bonds is 11. The summed E-state index contributed by atoms with van der Waals surface area (Å²) in [5.41, 5.74) is 1.37. The Kier molecular flexibility index (Phi) is 10.7. The van der Waals surface area contributed by atoms with E-state index in [4.69, 9.17) is 4.74 Å². The Morgan fingerprint density at radius 3 is 2.54 bits per heavy atom. The van der Waals surface area contributed by atoms with Crippen LogP contribution in [0.25, 0.3) is 0 Å². The van der Waals surface area contributed by atoms with Crippen molar-refractivity contribution in [3.8, 4) is 5.75 Å². The highest BCUT2D eigenvalue weighted by Gasteiger charge is 2.42. The summed E-state index contributed by atoms with van der Waals surface area (Å²) >= 11 is 0. The highest BCUT2D eigenvalue weighted by Crippen LogP contribution is 2.22. The first kappa shape index (κ1) is 30.4. The Morgan fingerprint density at radius 1 is 1.07 bits per heavy atom. The van der Waals surface area contributed by atoms with Crippen molar-refractivity contribution in [1.29, 1.82) is 0 Å². The molecule has 11 nitrogen and oxygen atoms in total. The van der Waals surface area contributed by atoms with Gasteiger partial charge in [0, 0.05) is 43.7 Å². The molecule has 4 rings (SSSR count). The molecule has 2 aliphatic rings. The number of aromatic hydroxyl groups is 1. The minimum absolute atomic E-state index is 0.0428. The highest BCUT2D eigenvalue weighted by molar-refractivity contribution is 5.97. The van der Waals surface area contributed by atoms with E-state index >= 15 is 0 Å². The van der Waals surface area contributed by atoms with Crippen LogP contribution in [-0.4, -0.2) is 113 Å². The molecular weight excluding hydrogens is 528 g/mol. The zero-order chi connectivity index (χ0) is 29.4. The summed E-state index contributed by atoms with van der Waals surface area (Å²) < 4.78 is 5.35. The Morgan fingerprint density at radius 2 is 1.80 bits per heavy atom. The van der Waals surface area contributed by atoms with Gasteiger partial charge in [0.2, 0.25) is 5.91 Å². The number of phenols is 1. The third-order valence-corrected chi connectivity index (χ3v) is 7.72. The zero-order valence-corrected chi connectivity index (χ0v) is 23.4. The molecule has 2 aliphatic heterocycles. The van der Waals surface area contributed by atoms with Gasteiger partial charge in [-0.2, -0.15) is 0 Å². The number of benzene rings is 2. The number of nitrogens with one attached hydrogen (secondary N) is 2. The molecule has 0 spiro atoms. The van der Waals surface area contributed by atoms with E-state index in [1.807, 2.05) is 30.3 Å². The number of aliphatic hydroxyl groups is 2. The van der Waals surface area contributed by atoms with E-state index in [1.54, 1.807) is 19.1 Å². The molecule has 2 heterocycles. The van der Waals surface area contributed by atoms with Gasteiger partial charge < -0.3 is 35.6 Å². The van der Waals surface area contributed by atoms with E-state index < -0.39 is 36.1 Å². The van der Waals surface area contributed by atoms with Gasteiger partial charge >= 0.3 is 0 Å². The van der Waals surface area contributed by atoms with Gasteiger partial charge in [-0.05, 0) is 44.0 Å². The number of carbonyl (C=O) groups is 3. The summed E-state index contributed by atoms with van der Waals surface area (Å²) in [5, 5.41) is 37.3. The Hall–Kier alpha value is -3.51. The molecule has 41 heavy (non-hydrogen) atoms. The molecule has 0 aromatic heterocycles. The first-order valence-corrected chi connectivity index (χ1v) is 14.1. The van der Waals surface area contributed by atoms with Crippen molar-refractivity contribution in [2.75, 3.05) is 45.9 Å². The fraction of sp³-hybridized carbons (Fsp3) is 0.500. The Balaban J connectivity index is 1.43. The second kappa shape index (κ2) is 14.4. The molecule has 2 aromatic carbocycles. The smallest absolute Gasteiger partial charge is 0.254 e. The fourth-order valence-corrected chi connectivity index (χ4v) is 5.33. The number of carbonyl (C=O) groups excluding carboxylic acids is 3. The molecule has 2 aromatic rings. The molecule has 222 valence electrons. The van der Waals surface area contributed by atoms with Crippen LogP contribution in [0.3, 0.4) is 0 Å². The molecule has 2 saturated heterocycles. The predicted octanol–water partition coefficient (Wildman–Crippen LogP) is 0.203. The summed E-state index contributed by atoms with van der Waals surface area (Å²) in [6.45, 7) is 5.85. The maximum atomic E-state index is 13.6. The zero-order valence-electron chi connectivity index (χ0n) is 23.4. The van der Waals surface area contributed by atoms with Crippen molar-refractivity contribution in [3.05, 3.63) is 65.2 Å². The van der Waals surface area contributed by atoms with Gasteiger partial charge in [-0.25, -0.2) is 0 Å². The number of phenolic OH excluding ortho intramolecular Hbond substituents is 1. The molecule has 0 unspecified atom stereocenters. The highest BCUT2D eigenvalue weighted by atomic mass is 16.5. The molecule has 0 bridgehead atoms. The lowest BCUT2D eigenvalue weighted by Crippen LogP contribution is -2.56. The number of hydrogen-bond acceptors (Lipinski definition) is 8. The van der Waals surface area contributed by atoms with E-state index in [0.717, 1.165) is 31.6 Å². The summed E-state index contributed by atoms with van der Waals surface area (Å²) in [5.74, 6) is -1.73. The minimum Gasteiger partial charge on any atom is -0.508 e. The average molecular weight is 569 g/mol. The molecule has 0 aliphatic carbocycles. The fourth-order valence-electron chi connectivity index (χ4n) is 5.33. The summed E-state index contributed by atoms with van der Waals surface area (Å²) in [6.07, 6.45) is -1.65. The first-order chi connectivity index (χ1) is 19.7. The minimum atomic E-state index is -1.68. The monoisotopic (exact) mass is 568 g/mol.